The van der Waals surface area contributed by atoms with Gasteiger partial charge in [0.15, 0.2) is 0 Å². The predicted octanol–water partition coefficient (Wildman–Crippen LogP) is 4.96. The largest absolute Gasteiger partial charge is 0.403 e. The summed E-state index contributed by atoms with van der Waals surface area (Å²) in [5.74, 6) is -0.228. The number of amides is 1. The highest BCUT2D eigenvalue weighted by Gasteiger charge is 2.23. The van der Waals surface area contributed by atoms with E-state index in [1.54, 1.807) is 19.1 Å². The molecule has 174 valence electrons. The third-order valence-electron chi connectivity index (χ3n) is 5.05. The van der Waals surface area contributed by atoms with Crippen molar-refractivity contribution in [3.8, 4) is 11.5 Å². The molecule has 10 heteroatoms. The van der Waals surface area contributed by atoms with Crippen LogP contribution in [-0.4, -0.2) is 35.4 Å². The van der Waals surface area contributed by atoms with Crippen molar-refractivity contribution in [3.63, 3.8) is 0 Å². The molecule has 1 amide bonds. The highest BCUT2D eigenvalue weighted by molar-refractivity contribution is 9.10. The van der Waals surface area contributed by atoms with Crippen molar-refractivity contribution >= 4 is 37.9 Å². The van der Waals surface area contributed by atoms with Crippen molar-refractivity contribution in [3.05, 3.63) is 94.5 Å². The van der Waals surface area contributed by atoms with Gasteiger partial charge < -0.3 is 4.42 Å². The first-order valence-electron chi connectivity index (χ1n) is 10.4. The molecule has 0 saturated heterocycles. The number of sulfonamides is 1. The molecule has 1 aromatic heterocycles. The van der Waals surface area contributed by atoms with E-state index in [9.17, 15) is 13.2 Å². The van der Waals surface area contributed by atoms with Crippen LogP contribution in [0.25, 0.3) is 11.5 Å². The minimum absolute atomic E-state index is 0.0559. The van der Waals surface area contributed by atoms with Gasteiger partial charge in [0, 0.05) is 28.7 Å². The molecule has 0 aliphatic heterocycles. The van der Waals surface area contributed by atoms with Crippen molar-refractivity contribution < 1.29 is 17.6 Å². The summed E-state index contributed by atoms with van der Waals surface area (Å²) in [4.78, 5) is 12.7. The summed E-state index contributed by atoms with van der Waals surface area (Å²) in [5, 5.41) is 10.3. The molecule has 0 bridgehead atoms. The molecule has 0 saturated carbocycles. The van der Waals surface area contributed by atoms with E-state index in [4.69, 9.17) is 4.42 Å². The van der Waals surface area contributed by atoms with Crippen molar-refractivity contribution in [2.75, 3.05) is 11.9 Å². The van der Waals surface area contributed by atoms with E-state index in [0.717, 1.165) is 10.0 Å². The number of hydrogen-bond donors (Lipinski definition) is 1. The molecule has 0 aliphatic carbocycles. The third-order valence-corrected chi connectivity index (χ3v) is 7.51. The Hall–Kier alpha value is -3.34. The maximum Gasteiger partial charge on any atom is 0.322 e. The predicted molar refractivity (Wildman–Crippen MR) is 132 cm³/mol. The van der Waals surface area contributed by atoms with Crippen molar-refractivity contribution in [1.29, 1.82) is 0 Å². The highest BCUT2D eigenvalue weighted by atomic mass is 79.9. The van der Waals surface area contributed by atoms with Gasteiger partial charge in [-0.25, -0.2) is 8.42 Å². The van der Waals surface area contributed by atoms with Gasteiger partial charge >= 0.3 is 6.01 Å². The van der Waals surface area contributed by atoms with Crippen LogP contribution < -0.4 is 5.32 Å². The molecule has 0 unspecified atom stereocenters. The fourth-order valence-electron chi connectivity index (χ4n) is 3.23. The lowest BCUT2D eigenvalue weighted by Crippen LogP contribution is -2.30. The molecule has 0 spiro atoms. The average molecular weight is 541 g/mol. The Morgan fingerprint density at radius 1 is 0.971 bits per heavy atom. The number of nitrogens with one attached hydrogen (secondary N) is 1. The topological polar surface area (TPSA) is 105 Å². The number of benzene rings is 3. The molecule has 4 rings (SSSR count). The van der Waals surface area contributed by atoms with Crippen LogP contribution in [0.3, 0.4) is 0 Å². The summed E-state index contributed by atoms with van der Waals surface area (Å²) in [6.45, 7) is 2.37. The summed E-state index contributed by atoms with van der Waals surface area (Å²) in [7, 11) is -3.72. The molecule has 0 atom stereocenters. The minimum atomic E-state index is -3.72. The third kappa shape index (κ3) is 5.41. The number of hydrogen-bond acceptors (Lipinski definition) is 6. The molecular weight excluding hydrogens is 520 g/mol. The van der Waals surface area contributed by atoms with Crippen LogP contribution in [0, 0.1) is 0 Å². The van der Waals surface area contributed by atoms with E-state index in [0.29, 0.717) is 12.1 Å². The van der Waals surface area contributed by atoms with Crippen LogP contribution in [0.4, 0.5) is 6.01 Å². The lowest BCUT2D eigenvalue weighted by molar-refractivity contribution is 0.102. The maximum atomic E-state index is 13.1. The van der Waals surface area contributed by atoms with E-state index in [2.05, 4.69) is 31.4 Å². The number of aromatic nitrogens is 2. The van der Waals surface area contributed by atoms with Crippen LogP contribution in [-0.2, 0) is 16.6 Å². The Kier molecular flexibility index (Phi) is 7.20. The molecular formula is C24H21BrN4O4S. The SMILES string of the molecule is CCN(Cc1ccccc1)S(=O)(=O)c1ccc(C(=O)Nc2nnc(-c3ccc(Br)cc3)o2)cc1. The number of carbonyl (C=O) groups is 1. The molecule has 4 aromatic rings. The summed E-state index contributed by atoms with van der Waals surface area (Å²) in [6, 6.07) is 22.3. The number of anilines is 1. The van der Waals surface area contributed by atoms with E-state index in [-0.39, 0.29) is 28.9 Å². The standard InChI is InChI=1S/C24H21BrN4O4S/c1-2-29(16-17-6-4-3-5-7-17)34(31,32)21-14-10-18(11-15-21)22(30)26-24-28-27-23(33-24)19-8-12-20(25)13-9-19/h3-15H,2,16H2,1H3,(H,26,28,30). The summed E-state index contributed by atoms with van der Waals surface area (Å²) in [5.41, 5.74) is 1.86. The van der Waals surface area contributed by atoms with Gasteiger partial charge in [0.1, 0.15) is 0 Å². The second kappa shape index (κ2) is 10.3. The van der Waals surface area contributed by atoms with Crippen molar-refractivity contribution in [1.82, 2.24) is 14.5 Å². The van der Waals surface area contributed by atoms with Gasteiger partial charge in [0.2, 0.25) is 15.9 Å². The van der Waals surface area contributed by atoms with Gasteiger partial charge in [-0.2, -0.15) is 4.31 Å². The molecule has 1 heterocycles. The first kappa shape index (κ1) is 23.8. The first-order valence-corrected chi connectivity index (χ1v) is 12.6. The summed E-state index contributed by atoms with van der Waals surface area (Å²) < 4.78 is 34.0. The molecule has 8 nitrogen and oxygen atoms in total. The van der Waals surface area contributed by atoms with Crippen LogP contribution in [0.5, 0.6) is 0 Å². The first-order chi connectivity index (χ1) is 16.4. The Balaban J connectivity index is 1.45. The normalized spacial score (nSPS) is 11.5. The van der Waals surface area contributed by atoms with Gasteiger partial charge in [-0.1, -0.05) is 58.3 Å². The Labute approximate surface area is 205 Å². The van der Waals surface area contributed by atoms with Crippen LogP contribution in [0.2, 0.25) is 0 Å². The fourth-order valence-corrected chi connectivity index (χ4v) is 4.93. The fraction of sp³-hybridized carbons (Fsp3) is 0.125. The van der Waals surface area contributed by atoms with Crippen molar-refractivity contribution in [2.45, 2.75) is 18.4 Å². The van der Waals surface area contributed by atoms with Gasteiger partial charge in [0.05, 0.1) is 4.90 Å². The highest BCUT2D eigenvalue weighted by Crippen LogP contribution is 2.23. The van der Waals surface area contributed by atoms with Crippen molar-refractivity contribution in [2.24, 2.45) is 0 Å². The number of nitrogens with zero attached hydrogens (tertiary/aromatic N) is 3. The number of carbonyl (C=O) groups excluding carboxylic acids is 1. The average Bonchev–Trinajstić information content (AvgIpc) is 3.32. The van der Waals surface area contributed by atoms with E-state index >= 15 is 0 Å². The van der Waals surface area contributed by atoms with E-state index in [1.807, 2.05) is 42.5 Å². The smallest absolute Gasteiger partial charge is 0.322 e. The van der Waals surface area contributed by atoms with Gasteiger partial charge in [-0.15, -0.1) is 5.10 Å². The molecule has 0 aliphatic rings. The van der Waals surface area contributed by atoms with Crippen LogP contribution in [0.1, 0.15) is 22.8 Å². The monoisotopic (exact) mass is 540 g/mol. The molecule has 1 N–H and O–H groups in total. The maximum absolute atomic E-state index is 13.1. The second-order valence-electron chi connectivity index (χ2n) is 7.31. The zero-order valence-electron chi connectivity index (χ0n) is 18.2. The summed E-state index contributed by atoms with van der Waals surface area (Å²) >= 11 is 3.36. The van der Waals surface area contributed by atoms with E-state index in [1.165, 1.54) is 28.6 Å². The number of rotatable bonds is 8. The lowest BCUT2D eigenvalue weighted by atomic mass is 10.2. The molecule has 3 aromatic carbocycles. The Morgan fingerprint density at radius 2 is 1.65 bits per heavy atom. The van der Waals surface area contributed by atoms with Gasteiger partial charge in [-0.05, 0) is 54.1 Å². The Bertz CT molecular complexity index is 1370. The Morgan fingerprint density at radius 3 is 2.29 bits per heavy atom. The minimum Gasteiger partial charge on any atom is -0.403 e. The quantitative estimate of drug-likeness (QED) is 0.338. The summed E-state index contributed by atoms with van der Waals surface area (Å²) in [6.07, 6.45) is 0. The zero-order chi connectivity index (χ0) is 24.1. The second-order valence-corrected chi connectivity index (χ2v) is 10.2. The molecule has 34 heavy (non-hydrogen) atoms. The zero-order valence-corrected chi connectivity index (χ0v) is 20.6. The van der Waals surface area contributed by atoms with Crippen LogP contribution in [0.15, 0.2) is 92.6 Å². The van der Waals surface area contributed by atoms with Gasteiger partial charge in [0.25, 0.3) is 5.91 Å². The number of halogens is 1. The van der Waals surface area contributed by atoms with Gasteiger partial charge in [-0.3, -0.25) is 10.1 Å². The van der Waals surface area contributed by atoms with E-state index < -0.39 is 15.9 Å². The molecule has 0 radical (unpaired) electrons. The molecule has 0 fully saturated rings. The van der Waals surface area contributed by atoms with Crippen LogP contribution >= 0.6 is 15.9 Å². The lowest BCUT2D eigenvalue weighted by Gasteiger charge is -2.20.